The number of nitrogens with one attached hydrogen (secondary N) is 1. The minimum absolute atomic E-state index is 0.0833. The van der Waals surface area contributed by atoms with Crippen molar-refractivity contribution in [3.05, 3.63) is 41.5 Å². The van der Waals surface area contributed by atoms with Gasteiger partial charge < -0.3 is 14.7 Å². The molecule has 0 bridgehead atoms. The van der Waals surface area contributed by atoms with Gasteiger partial charge in [-0.05, 0) is 31.9 Å². The van der Waals surface area contributed by atoms with E-state index in [0.29, 0.717) is 18.3 Å². The highest BCUT2D eigenvalue weighted by atomic mass is 16.5. The number of amides is 2. The molecule has 0 spiro atoms. The average Bonchev–Trinajstić information content (AvgIpc) is 2.97. The van der Waals surface area contributed by atoms with Crippen molar-refractivity contribution in [2.45, 2.75) is 39.0 Å². The number of rotatable bonds is 2. The maximum absolute atomic E-state index is 12.5. The van der Waals surface area contributed by atoms with Gasteiger partial charge in [0.2, 0.25) is 5.89 Å². The van der Waals surface area contributed by atoms with Crippen molar-refractivity contribution in [2.75, 3.05) is 18.4 Å². The number of hydrogen-bond acceptors (Lipinski definition) is 4. The highest BCUT2D eigenvalue weighted by Gasteiger charge is 2.38. The Morgan fingerprint density at radius 3 is 2.70 bits per heavy atom. The minimum atomic E-state index is -0.263. The van der Waals surface area contributed by atoms with Crippen LogP contribution >= 0.6 is 0 Å². The van der Waals surface area contributed by atoms with E-state index in [2.05, 4.69) is 22.4 Å². The number of carbonyl (C=O) groups excluding carboxylic acids is 1. The van der Waals surface area contributed by atoms with E-state index in [1.54, 1.807) is 6.92 Å². The third-order valence-corrected chi connectivity index (χ3v) is 4.35. The van der Waals surface area contributed by atoms with E-state index in [4.69, 9.17) is 4.52 Å². The smallest absolute Gasteiger partial charge is 0.321 e. The van der Waals surface area contributed by atoms with Crippen LogP contribution in [0.15, 0.2) is 28.8 Å². The second-order valence-corrected chi connectivity index (χ2v) is 6.52. The van der Waals surface area contributed by atoms with Gasteiger partial charge in [-0.1, -0.05) is 29.8 Å². The summed E-state index contributed by atoms with van der Waals surface area (Å²) >= 11 is 0. The van der Waals surface area contributed by atoms with Crippen LogP contribution in [0.1, 0.15) is 37.0 Å². The summed E-state index contributed by atoms with van der Waals surface area (Å²) in [6, 6.07) is 7.72. The summed E-state index contributed by atoms with van der Waals surface area (Å²) in [5.41, 5.74) is 1.71. The van der Waals surface area contributed by atoms with E-state index >= 15 is 0 Å². The summed E-state index contributed by atoms with van der Waals surface area (Å²) in [6.45, 7) is 7.22. The highest BCUT2D eigenvalue weighted by Crippen LogP contribution is 2.32. The molecular weight excluding hydrogens is 292 g/mol. The lowest BCUT2D eigenvalue weighted by Gasteiger charge is -2.38. The number of aryl methyl sites for hydroxylation is 2. The van der Waals surface area contributed by atoms with Gasteiger partial charge in [-0.3, -0.25) is 0 Å². The van der Waals surface area contributed by atoms with E-state index in [9.17, 15) is 4.79 Å². The van der Waals surface area contributed by atoms with Crippen LogP contribution in [0.5, 0.6) is 0 Å². The number of urea groups is 1. The Balaban J connectivity index is 1.70. The second-order valence-electron chi connectivity index (χ2n) is 6.52. The molecule has 122 valence electrons. The Labute approximate surface area is 135 Å². The number of anilines is 1. The Bertz CT molecular complexity index is 695. The Hall–Kier alpha value is -2.37. The summed E-state index contributed by atoms with van der Waals surface area (Å²) < 4.78 is 5.11. The summed E-state index contributed by atoms with van der Waals surface area (Å²) in [7, 11) is 0. The van der Waals surface area contributed by atoms with Crippen LogP contribution in [0.2, 0.25) is 0 Å². The van der Waals surface area contributed by atoms with E-state index < -0.39 is 0 Å². The maximum atomic E-state index is 12.5. The lowest BCUT2D eigenvalue weighted by atomic mass is 9.81. The molecule has 0 radical (unpaired) electrons. The molecule has 6 heteroatoms. The number of hydrogen-bond donors (Lipinski definition) is 1. The third-order valence-electron chi connectivity index (χ3n) is 4.35. The molecule has 1 aliphatic rings. The van der Waals surface area contributed by atoms with Crippen molar-refractivity contribution in [3.8, 4) is 0 Å². The standard InChI is InChI=1S/C17H22N4O2/c1-12-5-7-14(8-6-12)19-16(22)21-10-4-9-17(3,11-21)15-18-13(2)23-20-15/h5-8H,4,9-11H2,1-3H3,(H,19,22). The Morgan fingerprint density at radius 2 is 2.04 bits per heavy atom. The zero-order valence-electron chi connectivity index (χ0n) is 13.8. The summed E-state index contributed by atoms with van der Waals surface area (Å²) in [5.74, 6) is 1.24. The van der Waals surface area contributed by atoms with Crippen LogP contribution in [0, 0.1) is 13.8 Å². The number of likely N-dealkylation sites (tertiary alicyclic amines) is 1. The van der Waals surface area contributed by atoms with Crippen LogP contribution in [0.25, 0.3) is 0 Å². The first-order valence-electron chi connectivity index (χ1n) is 7.90. The average molecular weight is 314 g/mol. The molecule has 2 aromatic rings. The van der Waals surface area contributed by atoms with Crippen molar-refractivity contribution in [1.82, 2.24) is 15.0 Å². The maximum Gasteiger partial charge on any atom is 0.321 e. The van der Waals surface area contributed by atoms with Gasteiger partial charge in [0.1, 0.15) is 0 Å². The first kappa shape index (κ1) is 15.5. The van der Waals surface area contributed by atoms with Crippen LogP contribution in [0.4, 0.5) is 10.5 Å². The third kappa shape index (κ3) is 3.36. The first-order valence-corrected chi connectivity index (χ1v) is 7.90. The molecule has 6 nitrogen and oxygen atoms in total. The van der Waals surface area contributed by atoms with Crippen molar-refractivity contribution in [1.29, 1.82) is 0 Å². The van der Waals surface area contributed by atoms with E-state index in [1.807, 2.05) is 36.1 Å². The molecule has 0 saturated carbocycles. The van der Waals surface area contributed by atoms with Gasteiger partial charge in [0.15, 0.2) is 5.82 Å². The van der Waals surface area contributed by atoms with Crippen LogP contribution in [0.3, 0.4) is 0 Å². The molecule has 23 heavy (non-hydrogen) atoms. The van der Waals surface area contributed by atoms with Gasteiger partial charge >= 0.3 is 6.03 Å². The summed E-state index contributed by atoms with van der Waals surface area (Å²) in [6.07, 6.45) is 1.87. The molecule has 0 aliphatic carbocycles. The van der Waals surface area contributed by atoms with Crippen LogP contribution in [-0.2, 0) is 5.41 Å². The predicted octanol–water partition coefficient (Wildman–Crippen LogP) is 3.27. The fourth-order valence-electron chi connectivity index (χ4n) is 2.98. The highest BCUT2D eigenvalue weighted by molar-refractivity contribution is 5.89. The Kier molecular flexibility index (Phi) is 4.07. The predicted molar refractivity (Wildman–Crippen MR) is 87.4 cm³/mol. The SMILES string of the molecule is Cc1ccc(NC(=O)N2CCCC(C)(c3noc(C)n3)C2)cc1. The molecule has 1 aromatic carbocycles. The normalized spacial score (nSPS) is 21.3. The summed E-state index contributed by atoms with van der Waals surface area (Å²) in [5, 5.41) is 7.01. The molecule has 3 rings (SSSR count). The van der Waals surface area contributed by atoms with Gasteiger partial charge in [-0.2, -0.15) is 4.98 Å². The minimum Gasteiger partial charge on any atom is -0.340 e. The van der Waals surface area contributed by atoms with Gasteiger partial charge in [-0.25, -0.2) is 4.79 Å². The zero-order valence-corrected chi connectivity index (χ0v) is 13.8. The fraction of sp³-hybridized carbons (Fsp3) is 0.471. The molecular formula is C17H22N4O2. The molecule has 1 unspecified atom stereocenters. The lowest BCUT2D eigenvalue weighted by molar-refractivity contribution is 0.161. The number of piperidine rings is 1. The molecule has 2 heterocycles. The molecule has 1 atom stereocenters. The van der Waals surface area contributed by atoms with Crippen LogP contribution in [-0.4, -0.2) is 34.2 Å². The molecule has 1 aliphatic heterocycles. The van der Waals surface area contributed by atoms with Gasteiger partial charge in [0.25, 0.3) is 0 Å². The molecule has 2 amide bonds. The van der Waals surface area contributed by atoms with Crippen LogP contribution < -0.4 is 5.32 Å². The molecule has 1 aromatic heterocycles. The van der Waals surface area contributed by atoms with Gasteiger partial charge in [-0.15, -0.1) is 0 Å². The number of benzene rings is 1. The number of nitrogens with zero attached hydrogens (tertiary/aromatic N) is 3. The van der Waals surface area contributed by atoms with Gasteiger partial charge in [0.05, 0.1) is 0 Å². The first-order chi connectivity index (χ1) is 11.0. The van der Waals surface area contributed by atoms with Crippen molar-refractivity contribution < 1.29 is 9.32 Å². The van der Waals surface area contributed by atoms with Crippen molar-refractivity contribution in [2.24, 2.45) is 0 Å². The summed E-state index contributed by atoms with van der Waals surface area (Å²) in [4.78, 5) is 18.7. The van der Waals surface area contributed by atoms with Crippen molar-refractivity contribution in [3.63, 3.8) is 0 Å². The van der Waals surface area contributed by atoms with E-state index in [0.717, 1.165) is 25.1 Å². The Morgan fingerprint density at radius 1 is 1.30 bits per heavy atom. The monoisotopic (exact) mass is 314 g/mol. The molecule has 1 fully saturated rings. The van der Waals surface area contributed by atoms with E-state index in [1.165, 1.54) is 5.56 Å². The van der Waals surface area contributed by atoms with Gasteiger partial charge in [0, 0.05) is 31.1 Å². The van der Waals surface area contributed by atoms with Crippen molar-refractivity contribution >= 4 is 11.7 Å². The quantitative estimate of drug-likeness (QED) is 0.923. The number of aromatic nitrogens is 2. The number of carbonyl (C=O) groups is 1. The van der Waals surface area contributed by atoms with E-state index in [-0.39, 0.29) is 11.4 Å². The zero-order chi connectivity index (χ0) is 16.4. The lowest BCUT2D eigenvalue weighted by Crippen LogP contribution is -2.49. The second kappa shape index (κ2) is 6.02. The fourth-order valence-corrected chi connectivity index (χ4v) is 2.98. The molecule has 1 saturated heterocycles. The largest absolute Gasteiger partial charge is 0.340 e. The molecule has 1 N–H and O–H groups in total. The topological polar surface area (TPSA) is 71.3 Å².